The van der Waals surface area contributed by atoms with Crippen molar-refractivity contribution in [2.75, 3.05) is 13.1 Å². The lowest BCUT2D eigenvalue weighted by Crippen LogP contribution is -2.40. The summed E-state index contributed by atoms with van der Waals surface area (Å²) in [5.74, 6) is 0. The van der Waals surface area contributed by atoms with Gasteiger partial charge in [-0.15, -0.1) is 0 Å². The van der Waals surface area contributed by atoms with Crippen LogP contribution in [-0.2, 0) is 10.0 Å². The van der Waals surface area contributed by atoms with Crippen molar-refractivity contribution in [1.82, 2.24) is 13.9 Å². The fourth-order valence-corrected chi connectivity index (χ4v) is 6.00. The number of imidazole rings is 1. The van der Waals surface area contributed by atoms with Crippen molar-refractivity contribution in [2.24, 2.45) is 0 Å². The molecule has 1 N–H and O–H groups in total. The number of fused-ring (bicyclic) bond motifs is 1. The van der Waals surface area contributed by atoms with Gasteiger partial charge in [0.05, 0.1) is 15.9 Å². The number of hydrogen-bond acceptors (Lipinski definition) is 3. The van der Waals surface area contributed by atoms with Gasteiger partial charge in [0.15, 0.2) is 0 Å². The Bertz CT molecular complexity index is 1110. The first-order valence-electron chi connectivity index (χ1n) is 8.42. The van der Waals surface area contributed by atoms with Crippen LogP contribution in [0.15, 0.2) is 62.7 Å². The van der Waals surface area contributed by atoms with Gasteiger partial charge in [-0.1, -0.05) is 24.3 Å². The third kappa shape index (κ3) is 2.91. The molecule has 0 aliphatic carbocycles. The van der Waals surface area contributed by atoms with Gasteiger partial charge in [-0.3, -0.25) is 4.57 Å². The molecule has 1 aliphatic rings. The summed E-state index contributed by atoms with van der Waals surface area (Å²) < 4.78 is 29.6. The third-order valence-corrected chi connectivity index (χ3v) is 7.78. The third-order valence-electron chi connectivity index (χ3n) is 4.87. The molecule has 0 spiro atoms. The van der Waals surface area contributed by atoms with E-state index in [1.165, 1.54) is 4.31 Å². The molecule has 1 saturated heterocycles. The minimum absolute atomic E-state index is 0.00989. The highest BCUT2D eigenvalue weighted by Gasteiger charge is 2.32. The van der Waals surface area contributed by atoms with Crippen LogP contribution in [0.2, 0.25) is 0 Å². The first-order valence-corrected chi connectivity index (χ1v) is 10.7. The molecule has 3 aromatic rings. The Morgan fingerprint density at radius 1 is 1.00 bits per heavy atom. The first-order chi connectivity index (χ1) is 12.5. The maximum Gasteiger partial charge on any atom is 0.326 e. The normalized spacial score (nSPS) is 17.0. The Kier molecular flexibility index (Phi) is 4.50. The Morgan fingerprint density at radius 2 is 1.65 bits per heavy atom. The Hall–Kier alpha value is -1.90. The van der Waals surface area contributed by atoms with Crippen LogP contribution in [0.1, 0.15) is 18.9 Å². The number of rotatable bonds is 3. The number of H-pyrrole nitrogens is 1. The molecule has 2 heterocycles. The number of para-hydroxylation sites is 2. The number of aromatic nitrogens is 2. The number of hydrogen-bond donors (Lipinski definition) is 1. The zero-order chi connectivity index (χ0) is 18.3. The van der Waals surface area contributed by atoms with Crippen molar-refractivity contribution in [3.8, 4) is 0 Å². The summed E-state index contributed by atoms with van der Waals surface area (Å²) in [6.45, 7) is 0.778. The second-order valence-electron chi connectivity index (χ2n) is 6.38. The van der Waals surface area contributed by atoms with Crippen molar-refractivity contribution in [3.05, 3.63) is 63.5 Å². The number of nitrogens with one attached hydrogen (secondary N) is 1. The van der Waals surface area contributed by atoms with Crippen molar-refractivity contribution < 1.29 is 8.42 Å². The van der Waals surface area contributed by atoms with E-state index in [1.54, 1.807) is 28.8 Å². The van der Waals surface area contributed by atoms with Gasteiger partial charge < -0.3 is 4.98 Å². The average molecular weight is 436 g/mol. The summed E-state index contributed by atoms with van der Waals surface area (Å²) in [6, 6.07) is 14.4. The molecule has 0 radical (unpaired) electrons. The largest absolute Gasteiger partial charge is 0.326 e. The lowest BCUT2D eigenvalue weighted by atomic mass is 10.1. The average Bonchev–Trinajstić information content (AvgIpc) is 2.98. The van der Waals surface area contributed by atoms with Crippen LogP contribution in [-0.4, -0.2) is 35.4 Å². The summed E-state index contributed by atoms with van der Waals surface area (Å²) in [4.78, 5) is 15.5. The maximum atomic E-state index is 12.9. The molecule has 0 unspecified atom stereocenters. The van der Waals surface area contributed by atoms with E-state index in [4.69, 9.17) is 0 Å². The molecule has 0 atom stereocenters. The molecule has 1 aliphatic heterocycles. The number of piperidine rings is 1. The zero-order valence-electron chi connectivity index (χ0n) is 13.9. The molecule has 1 fully saturated rings. The molecular weight excluding hydrogens is 418 g/mol. The Morgan fingerprint density at radius 3 is 2.38 bits per heavy atom. The lowest BCUT2D eigenvalue weighted by Gasteiger charge is -2.32. The SMILES string of the molecule is O=c1[nH]c2ccccc2n1C1CCN(S(=O)(=O)c2ccccc2Br)CC1. The van der Waals surface area contributed by atoms with Gasteiger partial charge in [-0.05, 0) is 53.0 Å². The van der Waals surface area contributed by atoms with Crippen LogP contribution in [0, 0.1) is 0 Å². The topological polar surface area (TPSA) is 75.2 Å². The minimum atomic E-state index is -3.55. The highest BCUT2D eigenvalue weighted by molar-refractivity contribution is 9.10. The highest BCUT2D eigenvalue weighted by atomic mass is 79.9. The molecule has 0 amide bonds. The van der Waals surface area contributed by atoms with Crippen LogP contribution in [0.4, 0.5) is 0 Å². The minimum Gasteiger partial charge on any atom is -0.306 e. The molecule has 2 aromatic carbocycles. The molecule has 1 aromatic heterocycles. The number of halogens is 1. The monoisotopic (exact) mass is 435 g/mol. The summed E-state index contributed by atoms with van der Waals surface area (Å²) in [5, 5.41) is 0. The van der Waals surface area contributed by atoms with Crippen LogP contribution < -0.4 is 5.69 Å². The summed E-state index contributed by atoms with van der Waals surface area (Å²) in [6.07, 6.45) is 1.21. The lowest BCUT2D eigenvalue weighted by molar-refractivity contribution is 0.274. The molecule has 0 saturated carbocycles. The fourth-order valence-electron chi connectivity index (χ4n) is 3.57. The van der Waals surface area contributed by atoms with E-state index in [9.17, 15) is 13.2 Å². The molecule has 6 nitrogen and oxygen atoms in total. The van der Waals surface area contributed by atoms with E-state index < -0.39 is 10.0 Å². The predicted molar refractivity (Wildman–Crippen MR) is 104 cm³/mol. The van der Waals surface area contributed by atoms with Gasteiger partial charge in [0.25, 0.3) is 0 Å². The summed E-state index contributed by atoms with van der Waals surface area (Å²) >= 11 is 3.32. The highest BCUT2D eigenvalue weighted by Crippen LogP contribution is 2.30. The fraction of sp³-hybridized carbons (Fsp3) is 0.278. The van der Waals surface area contributed by atoms with Crippen LogP contribution in [0.3, 0.4) is 0 Å². The van der Waals surface area contributed by atoms with Gasteiger partial charge >= 0.3 is 5.69 Å². The van der Waals surface area contributed by atoms with Gasteiger partial charge in [-0.2, -0.15) is 4.31 Å². The molecular formula is C18H18BrN3O3S. The van der Waals surface area contributed by atoms with Crippen LogP contribution in [0.5, 0.6) is 0 Å². The quantitative estimate of drug-likeness (QED) is 0.686. The zero-order valence-corrected chi connectivity index (χ0v) is 16.3. The predicted octanol–water partition coefficient (Wildman–Crippen LogP) is 3.12. The van der Waals surface area contributed by atoms with Crippen molar-refractivity contribution in [3.63, 3.8) is 0 Å². The van der Waals surface area contributed by atoms with E-state index in [-0.39, 0.29) is 16.6 Å². The maximum absolute atomic E-state index is 12.9. The number of aromatic amines is 1. The molecule has 8 heteroatoms. The van der Waals surface area contributed by atoms with E-state index in [1.807, 2.05) is 24.3 Å². The van der Waals surface area contributed by atoms with Gasteiger partial charge in [0, 0.05) is 23.6 Å². The number of sulfonamides is 1. The van der Waals surface area contributed by atoms with Crippen molar-refractivity contribution in [1.29, 1.82) is 0 Å². The van der Waals surface area contributed by atoms with Gasteiger partial charge in [0.1, 0.15) is 0 Å². The van der Waals surface area contributed by atoms with E-state index in [0.717, 1.165) is 11.0 Å². The van der Waals surface area contributed by atoms with Crippen LogP contribution in [0.25, 0.3) is 11.0 Å². The van der Waals surface area contributed by atoms with Gasteiger partial charge in [-0.25, -0.2) is 13.2 Å². The second kappa shape index (κ2) is 6.68. The molecule has 0 bridgehead atoms. The van der Waals surface area contributed by atoms with Crippen molar-refractivity contribution in [2.45, 2.75) is 23.8 Å². The van der Waals surface area contributed by atoms with E-state index in [2.05, 4.69) is 20.9 Å². The standard InChI is InChI=1S/C18H18BrN3O3S/c19-14-5-1-4-8-17(14)26(24,25)21-11-9-13(10-12-21)22-16-7-3-2-6-15(16)20-18(22)23/h1-8,13H,9-12H2,(H,20,23). The summed E-state index contributed by atoms with van der Waals surface area (Å²) in [5.41, 5.74) is 1.53. The Balaban J connectivity index is 1.59. The van der Waals surface area contributed by atoms with E-state index in [0.29, 0.717) is 30.4 Å². The van der Waals surface area contributed by atoms with Crippen LogP contribution >= 0.6 is 15.9 Å². The van der Waals surface area contributed by atoms with Crippen molar-refractivity contribution >= 4 is 37.0 Å². The molecule has 26 heavy (non-hydrogen) atoms. The Labute approximate surface area is 159 Å². The van der Waals surface area contributed by atoms with Gasteiger partial charge in [0.2, 0.25) is 10.0 Å². The number of nitrogens with zero attached hydrogens (tertiary/aromatic N) is 2. The molecule has 136 valence electrons. The van der Waals surface area contributed by atoms with E-state index >= 15 is 0 Å². The molecule has 4 rings (SSSR count). The summed E-state index contributed by atoms with van der Waals surface area (Å²) in [7, 11) is -3.55. The second-order valence-corrected chi connectivity index (χ2v) is 9.14. The smallest absolute Gasteiger partial charge is 0.306 e. The first kappa shape index (κ1) is 17.5. The number of benzene rings is 2.